The maximum absolute atomic E-state index is 8.93. The maximum atomic E-state index is 8.93. The van der Waals surface area contributed by atoms with Crippen LogP contribution in [0.2, 0.25) is 0 Å². The molecule has 1 radical (unpaired) electrons. The van der Waals surface area contributed by atoms with E-state index in [2.05, 4.69) is 19.9 Å². The summed E-state index contributed by atoms with van der Waals surface area (Å²) in [7, 11) is 0. The molecular formula is C22H20CuN4O4. The van der Waals surface area contributed by atoms with Crippen molar-refractivity contribution in [2.45, 2.75) is 0 Å². The largest absolute Gasteiger partial charge is 2.00 e. The minimum atomic E-state index is -2.19. The summed E-state index contributed by atoms with van der Waals surface area (Å²) in [5, 5.41) is 17.9. The van der Waals surface area contributed by atoms with Crippen molar-refractivity contribution >= 4 is 11.9 Å². The first-order chi connectivity index (χ1) is 14.6. The molecule has 0 aliphatic rings. The molecule has 4 aromatic heterocycles. The van der Waals surface area contributed by atoms with Crippen molar-refractivity contribution in [2.24, 2.45) is 0 Å². The van der Waals surface area contributed by atoms with Gasteiger partial charge < -0.3 is 19.8 Å². The number of aromatic nitrogens is 4. The van der Waals surface area contributed by atoms with Gasteiger partial charge in [0.25, 0.3) is 0 Å². The number of hydrogen-bond donors (Lipinski definition) is 0. The van der Waals surface area contributed by atoms with Gasteiger partial charge in [-0.15, -0.1) is 0 Å². The van der Waals surface area contributed by atoms with E-state index in [0.29, 0.717) is 0 Å². The minimum absolute atomic E-state index is 0. The van der Waals surface area contributed by atoms with Gasteiger partial charge in [0.15, 0.2) is 0 Å². The number of pyridine rings is 4. The van der Waals surface area contributed by atoms with Gasteiger partial charge >= 0.3 is 17.1 Å². The number of rotatable bonds is 0. The second kappa shape index (κ2) is 24.1. The van der Waals surface area contributed by atoms with E-state index in [-0.39, 0.29) is 17.1 Å². The van der Waals surface area contributed by atoms with Crippen LogP contribution in [0.5, 0.6) is 0 Å². The van der Waals surface area contributed by atoms with Crippen LogP contribution in [0.3, 0.4) is 0 Å². The molecule has 163 valence electrons. The van der Waals surface area contributed by atoms with Crippen LogP contribution < -0.4 is 10.2 Å². The molecule has 0 bridgehead atoms. The molecule has 0 aliphatic heterocycles. The number of carbonyl (C=O) groups excluding carboxylic acids is 2. The second-order valence-corrected chi connectivity index (χ2v) is 4.67. The molecular weight excluding hydrogens is 448 g/mol. The molecule has 0 aromatic carbocycles. The van der Waals surface area contributed by atoms with Crippen molar-refractivity contribution in [1.82, 2.24) is 19.9 Å². The van der Waals surface area contributed by atoms with E-state index in [1.54, 1.807) is 49.6 Å². The van der Waals surface area contributed by atoms with Gasteiger partial charge in [0.2, 0.25) is 0 Å². The normalized spacial score (nSPS) is 7.61. The van der Waals surface area contributed by atoms with E-state index >= 15 is 0 Å². The molecule has 0 saturated heterocycles. The Labute approximate surface area is 191 Å². The van der Waals surface area contributed by atoms with Gasteiger partial charge in [0.05, 0.1) is 11.9 Å². The second-order valence-electron chi connectivity index (χ2n) is 4.67. The Hall–Kier alpha value is -3.94. The van der Waals surface area contributed by atoms with Crippen LogP contribution in [0.25, 0.3) is 0 Å². The predicted molar refractivity (Wildman–Crippen MR) is 107 cm³/mol. The van der Waals surface area contributed by atoms with Crippen LogP contribution in [-0.2, 0) is 26.7 Å². The molecule has 0 fully saturated rings. The van der Waals surface area contributed by atoms with Crippen LogP contribution in [0.4, 0.5) is 0 Å². The third-order valence-corrected chi connectivity index (χ3v) is 2.43. The molecule has 4 rings (SSSR count). The van der Waals surface area contributed by atoms with E-state index in [0.717, 1.165) is 0 Å². The van der Waals surface area contributed by atoms with Crippen LogP contribution in [0.1, 0.15) is 0 Å². The van der Waals surface area contributed by atoms with Crippen LogP contribution >= 0.6 is 0 Å². The van der Waals surface area contributed by atoms with Crippen LogP contribution in [0.15, 0.2) is 122 Å². The van der Waals surface area contributed by atoms with Crippen molar-refractivity contribution in [3.63, 3.8) is 0 Å². The topological polar surface area (TPSA) is 132 Å². The Morgan fingerprint density at radius 1 is 0.387 bits per heavy atom. The Morgan fingerprint density at radius 2 is 0.548 bits per heavy atom. The van der Waals surface area contributed by atoms with Gasteiger partial charge in [0, 0.05) is 49.6 Å². The van der Waals surface area contributed by atoms with Crippen molar-refractivity contribution in [3.05, 3.63) is 122 Å². The number of carboxylic acids is 2. The third-order valence-electron chi connectivity index (χ3n) is 2.43. The number of nitrogens with zero attached hydrogens (tertiary/aromatic N) is 4. The zero-order valence-corrected chi connectivity index (χ0v) is 17.2. The van der Waals surface area contributed by atoms with Crippen molar-refractivity contribution in [3.8, 4) is 0 Å². The fourth-order valence-corrected chi connectivity index (χ4v) is 1.25. The fourth-order valence-electron chi connectivity index (χ4n) is 1.25. The molecule has 0 aliphatic carbocycles. The zero-order chi connectivity index (χ0) is 22.1. The summed E-state index contributed by atoms with van der Waals surface area (Å²) in [5.74, 6) is -4.37. The monoisotopic (exact) mass is 467 g/mol. The van der Waals surface area contributed by atoms with E-state index in [4.69, 9.17) is 19.8 Å². The van der Waals surface area contributed by atoms with Gasteiger partial charge in [-0.1, -0.05) is 24.3 Å². The van der Waals surface area contributed by atoms with Gasteiger partial charge in [-0.25, -0.2) is 0 Å². The molecule has 0 unspecified atom stereocenters. The Balaban J connectivity index is 0. The maximum Gasteiger partial charge on any atom is 2.00 e. The molecule has 8 nitrogen and oxygen atoms in total. The summed E-state index contributed by atoms with van der Waals surface area (Å²) in [6, 6.07) is 22.9. The quantitative estimate of drug-likeness (QED) is 0.274. The van der Waals surface area contributed by atoms with Crippen molar-refractivity contribution in [1.29, 1.82) is 0 Å². The smallest absolute Gasteiger partial charge is 0.543 e. The average molecular weight is 468 g/mol. The van der Waals surface area contributed by atoms with Gasteiger partial charge in [0.1, 0.15) is 0 Å². The van der Waals surface area contributed by atoms with E-state index < -0.39 is 11.9 Å². The molecule has 4 aromatic rings. The number of carbonyl (C=O) groups is 2. The van der Waals surface area contributed by atoms with Gasteiger partial charge in [-0.2, -0.15) is 0 Å². The average Bonchev–Trinajstić information content (AvgIpc) is 2.85. The first kappa shape index (κ1) is 29.3. The molecule has 0 spiro atoms. The van der Waals surface area contributed by atoms with Crippen LogP contribution in [0, 0.1) is 0 Å². The molecule has 0 N–H and O–H groups in total. The first-order valence-electron chi connectivity index (χ1n) is 8.47. The number of carboxylic acid groups (broad SMARTS) is 2. The van der Waals surface area contributed by atoms with E-state index in [1.807, 2.05) is 72.8 Å². The van der Waals surface area contributed by atoms with Gasteiger partial charge in [-0.05, 0) is 48.5 Å². The predicted octanol–water partition coefficient (Wildman–Crippen LogP) is 0.810. The summed E-state index contributed by atoms with van der Waals surface area (Å²) < 4.78 is 0. The molecule has 4 heterocycles. The Bertz CT molecular complexity index is 615. The summed E-state index contributed by atoms with van der Waals surface area (Å²) in [6.45, 7) is 0. The zero-order valence-electron chi connectivity index (χ0n) is 16.3. The SMILES string of the molecule is O=C([O-])C(=O)[O-].[Cu+2].c1ccncc1.c1ccncc1.c1ccncc1.c1ccncc1. The number of hydrogen-bond acceptors (Lipinski definition) is 8. The summed E-state index contributed by atoms with van der Waals surface area (Å²) in [5.41, 5.74) is 0. The molecule has 0 atom stereocenters. The summed E-state index contributed by atoms with van der Waals surface area (Å²) >= 11 is 0. The molecule has 0 saturated carbocycles. The third kappa shape index (κ3) is 26.1. The Morgan fingerprint density at radius 3 is 0.581 bits per heavy atom. The summed E-state index contributed by atoms with van der Waals surface area (Å²) in [4.78, 5) is 33.0. The summed E-state index contributed by atoms with van der Waals surface area (Å²) in [6.07, 6.45) is 14.0. The standard InChI is InChI=1S/4C5H5N.C2H2O4.Cu/c4*1-2-4-6-5-3-1;3-1(4)2(5)6;/h4*1-5H;(H,3,4)(H,5,6);/q;;;;;+2/p-2. The molecule has 0 amide bonds. The number of aliphatic carboxylic acids is 2. The van der Waals surface area contributed by atoms with Crippen molar-refractivity contribution < 1.29 is 36.9 Å². The van der Waals surface area contributed by atoms with Gasteiger partial charge in [-0.3, -0.25) is 19.9 Å². The first-order valence-corrected chi connectivity index (χ1v) is 8.47. The van der Waals surface area contributed by atoms with Crippen molar-refractivity contribution in [2.75, 3.05) is 0 Å². The van der Waals surface area contributed by atoms with E-state index in [9.17, 15) is 0 Å². The Kier molecular flexibility index (Phi) is 22.7. The van der Waals surface area contributed by atoms with Crippen LogP contribution in [-0.4, -0.2) is 31.9 Å². The molecule has 31 heavy (non-hydrogen) atoms. The molecule has 9 heteroatoms. The minimum Gasteiger partial charge on any atom is -0.543 e. The van der Waals surface area contributed by atoms with E-state index in [1.165, 1.54) is 0 Å². The fraction of sp³-hybridized carbons (Fsp3) is 0.